The van der Waals surface area contributed by atoms with Crippen LogP contribution in [0.1, 0.15) is 39.0 Å². The van der Waals surface area contributed by atoms with Crippen LogP contribution in [0.3, 0.4) is 0 Å². The highest BCUT2D eigenvalue weighted by Crippen LogP contribution is 2.30. The summed E-state index contributed by atoms with van der Waals surface area (Å²) < 4.78 is 1.47. The zero-order chi connectivity index (χ0) is 22.0. The Labute approximate surface area is 195 Å². The van der Waals surface area contributed by atoms with Crippen LogP contribution in [-0.2, 0) is 4.79 Å². The minimum absolute atomic E-state index is 0.0481. The minimum atomic E-state index is -0.424. The van der Waals surface area contributed by atoms with Crippen molar-refractivity contribution in [2.24, 2.45) is 0 Å². The maximum absolute atomic E-state index is 13.4. The molecule has 162 valence electrons. The summed E-state index contributed by atoms with van der Waals surface area (Å²) in [5.41, 5.74) is 0.824. The average Bonchev–Trinajstić information content (AvgIpc) is 2.75. The Kier molecular flexibility index (Phi) is 6.89. The molecule has 0 radical (unpaired) electrons. The van der Waals surface area contributed by atoms with E-state index in [2.05, 4.69) is 5.32 Å². The highest BCUT2D eigenvalue weighted by molar-refractivity contribution is 8.00. The molecule has 1 fully saturated rings. The van der Waals surface area contributed by atoms with Crippen LogP contribution in [0.25, 0.3) is 16.6 Å². The molecule has 1 atom stereocenters. The number of fused-ring (bicyclic) bond motifs is 1. The second-order valence-corrected chi connectivity index (χ2v) is 9.90. The molecule has 31 heavy (non-hydrogen) atoms. The van der Waals surface area contributed by atoms with Crippen LogP contribution in [0.5, 0.6) is 0 Å². The van der Waals surface area contributed by atoms with E-state index in [1.807, 2.05) is 13.0 Å². The lowest BCUT2D eigenvalue weighted by Crippen LogP contribution is -2.40. The van der Waals surface area contributed by atoms with E-state index in [0.717, 1.165) is 25.7 Å². The number of nitrogens with zero attached hydrogens (tertiary/aromatic N) is 2. The van der Waals surface area contributed by atoms with E-state index in [-0.39, 0.29) is 17.5 Å². The Hall–Kier alpha value is -2.02. The molecule has 4 rings (SSSR count). The quantitative estimate of drug-likeness (QED) is 0.384. The summed E-state index contributed by atoms with van der Waals surface area (Å²) in [6.45, 7) is 1.83. The number of hydrogen-bond donors (Lipinski definition) is 1. The predicted octanol–water partition coefficient (Wildman–Crippen LogP) is 5.62. The van der Waals surface area contributed by atoms with Gasteiger partial charge in [-0.15, -0.1) is 0 Å². The van der Waals surface area contributed by atoms with Gasteiger partial charge in [-0.1, -0.05) is 66.4 Å². The zero-order valence-corrected chi connectivity index (χ0v) is 19.4. The summed E-state index contributed by atoms with van der Waals surface area (Å²) in [5, 5.41) is 4.44. The van der Waals surface area contributed by atoms with Gasteiger partial charge in [0.2, 0.25) is 5.91 Å². The molecule has 3 aromatic rings. The molecular weight excluding hydrogens is 453 g/mol. The molecule has 1 aromatic heterocycles. The van der Waals surface area contributed by atoms with Crippen molar-refractivity contribution in [1.82, 2.24) is 14.9 Å². The second-order valence-electron chi connectivity index (χ2n) is 7.75. The normalized spacial score (nSPS) is 15.7. The first-order chi connectivity index (χ1) is 14.9. The summed E-state index contributed by atoms with van der Waals surface area (Å²) in [6, 6.07) is 12.3. The maximum atomic E-state index is 13.4. The number of halogens is 2. The molecular formula is C23H23Cl2N3O2S. The molecule has 0 bridgehead atoms. The molecule has 5 nitrogen and oxygen atoms in total. The van der Waals surface area contributed by atoms with Gasteiger partial charge >= 0.3 is 0 Å². The first-order valence-corrected chi connectivity index (χ1v) is 12.0. The number of thioether (sulfide) groups is 1. The maximum Gasteiger partial charge on any atom is 0.266 e. The van der Waals surface area contributed by atoms with Gasteiger partial charge in [-0.3, -0.25) is 14.2 Å². The van der Waals surface area contributed by atoms with Gasteiger partial charge < -0.3 is 5.32 Å². The number of para-hydroxylation sites is 1. The third kappa shape index (κ3) is 4.92. The van der Waals surface area contributed by atoms with Gasteiger partial charge in [-0.2, -0.15) is 0 Å². The molecule has 0 spiro atoms. The molecule has 1 saturated carbocycles. The molecule has 8 heteroatoms. The number of carbonyl (C=O) groups is 1. The first-order valence-electron chi connectivity index (χ1n) is 10.4. The summed E-state index contributed by atoms with van der Waals surface area (Å²) in [5.74, 6) is -0.0481. The number of nitrogens with one attached hydrogen (secondary N) is 1. The van der Waals surface area contributed by atoms with Gasteiger partial charge in [0, 0.05) is 11.1 Å². The summed E-state index contributed by atoms with van der Waals surface area (Å²) >= 11 is 13.7. The van der Waals surface area contributed by atoms with Crippen molar-refractivity contribution in [3.8, 4) is 5.69 Å². The third-order valence-electron chi connectivity index (χ3n) is 5.50. The molecule has 0 aliphatic heterocycles. The first kappa shape index (κ1) is 22.2. The van der Waals surface area contributed by atoms with E-state index in [1.54, 1.807) is 36.4 Å². The highest BCUT2D eigenvalue weighted by atomic mass is 35.5. The Morgan fingerprint density at radius 2 is 1.90 bits per heavy atom. The number of benzene rings is 2. The van der Waals surface area contributed by atoms with Gasteiger partial charge in [0.15, 0.2) is 5.16 Å². The fraction of sp³-hybridized carbons (Fsp3) is 0.348. The smallest absolute Gasteiger partial charge is 0.266 e. The SMILES string of the molecule is CC(Sc1nc2ccccc2c(=O)n1-c1ccc(Cl)cc1Cl)C(=O)NC1CCCCC1. The van der Waals surface area contributed by atoms with Gasteiger partial charge in [-0.25, -0.2) is 4.98 Å². The fourth-order valence-electron chi connectivity index (χ4n) is 3.84. The molecule has 1 N–H and O–H groups in total. The summed E-state index contributed by atoms with van der Waals surface area (Å²) in [6.07, 6.45) is 5.55. The summed E-state index contributed by atoms with van der Waals surface area (Å²) in [4.78, 5) is 30.9. The van der Waals surface area contributed by atoms with Crippen LogP contribution < -0.4 is 10.9 Å². The van der Waals surface area contributed by atoms with Gasteiger partial charge in [0.25, 0.3) is 5.56 Å². The number of aromatic nitrogens is 2. The molecule has 1 heterocycles. The molecule has 1 unspecified atom stereocenters. The third-order valence-corrected chi connectivity index (χ3v) is 7.09. The standard InChI is InChI=1S/C23H23Cl2N3O2S/c1-14(21(29)26-16-7-3-2-4-8-16)31-23-27-19-10-6-5-9-17(19)22(30)28(23)20-12-11-15(24)13-18(20)25/h5-6,9-14,16H,2-4,7-8H2,1H3,(H,26,29). The molecule has 1 aliphatic carbocycles. The lowest BCUT2D eigenvalue weighted by Gasteiger charge is -2.24. The Morgan fingerprint density at radius 3 is 2.65 bits per heavy atom. The Balaban J connectivity index is 1.72. The molecule has 1 amide bonds. The topological polar surface area (TPSA) is 64.0 Å². The van der Waals surface area contributed by atoms with Crippen molar-refractivity contribution < 1.29 is 4.79 Å². The lowest BCUT2D eigenvalue weighted by atomic mass is 9.95. The van der Waals surface area contributed by atoms with Crippen LogP contribution >= 0.6 is 35.0 Å². The number of hydrogen-bond acceptors (Lipinski definition) is 4. The van der Waals surface area contributed by atoms with Crippen molar-refractivity contribution in [3.63, 3.8) is 0 Å². The number of rotatable bonds is 5. The van der Waals surface area contributed by atoms with Crippen molar-refractivity contribution in [1.29, 1.82) is 0 Å². The average molecular weight is 476 g/mol. The van der Waals surface area contributed by atoms with E-state index in [9.17, 15) is 9.59 Å². The molecule has 0 saturated heterocycles. The second kappa shape index (κ2) is 9.63. The summed E-state index contributed by atoms with van der Waals surface area (Å²) in [7, 11) is 0. The van der Waals surface area contributed by atoms with Crippen LogP contribution in [0, 0.1) is 0 Å². The van der Waals surface area contributed by atoms with E-state index in [1.165, 1.54) is 22.7 Å². The van der Waals surface area contributed by atoms with Crippen molar-refractivity contribution in [2.75, 3.05) is 0 Å². The Morgan fingerprint density at radius 1 is 1.16 bits per heavy atom. The van der Waals surface area contributed by atoms with Crippen LogP contribution in [-0.4, -0.2) is 26.8 Å². The molecule has 1 aliphatic rings. The Bertz CT molecular complexity index is 1180. The number of carbonyl (C=O) groups excluding carboxylic acids is 1. The van der Waals surface area contributed by atoms with Crippen molar-refractivity contribution in [3.05, 3.63) is 62.9 Å². The van der Waals surface area contributed by atoms with Crippen LogP contribution in [0.2, 0.25) is 10.0 Å². The monoisotopic (exact) mass is 475 g/mol. The highest BCUT2D eigenvalue weighted by Gasteiger charge is 2.24. The largest absolute Gasteiger partial charge is 0.352 e. The van der Waals surface area contributed by atoms with Gasteiger partial charge in [0.1, 0.15) is 0 Å². The van der Waals surface area contributed by atoms with E-state index >= 15 is 0 Å². The fourth-order valence-corrected chi connectivity index (χ4v) is 5.27. The van der Waals surface area contributed by atoms with Crippen LogP contribution in [0.4, 0.5) is 0 Å². The van der Waals surface area contributed by atoms with E-state index in [0.29, 0.717) is 31.8 Å². The molecule has 2 aromatic carbocycles. The number of amides is 1. The van der Waals surface area contributed by atoms with E-state index < -0.39 is 5.25 Å². The van der Waals surface area contributed by atoms with Gasteiger partial charge in [-0.05, 0) is 50.1 Å². The van der Waals surface area contributed by atoms with Crippen molar-refractivity contribution in [2.45, 2.75) is 55.5 Å². The minimum Gasteiger partial charge on any atom is -0.352 e. The lowest BCUT2D eigenvalue weighted by molar-refractivity contribution is -0.121. The van der Waals surface area contributed by atoms with E-state index in [4.69, 9.17) is 28.2 Å². The zero-order valence-electron chi connectivity index (χ0n) is 17.1. The van der Waals surface area contributed by atoms with Gasteiger partial charge in [0.05, 0.1) is 26.9 Å². The van der Waals surface area contributed by atoms with Crippen molar-refractivity contribution >= 4 is 51.8 Å². The predicted molar refractivity (Wildman–Crippen MR) is 128 cm³/mol. The van der Waals surface area contributed by atoms with Crippen LogP contribution in [0.15, 0.2) is 52.4 Å².